The Morgan fingerprint density at radius 1 is 1.23 bits per heavy atom. The lowest BCUT2D eigenvalue weighted by molar-refractivity contribution is -0.142. The third kappa shape index (κ3) is 6.19. The van der Waals surface area contributed by atoms with Crippen LogP contribution in [0.3, 0.4) is 0 Å². The van der Waals surface area contributed by atoms with Gasteiger partial charge in [-0.25, -0.2) is 9.59 Å². The van der Waals surface area contributed by atoms with E-state index >= 15 is 0 Å². The van der Waals surface area contributed by atoms with E-state index in [0.29, 0.717) is 0 Å². The second-order valence-corrected chi connectivity index (χ2v) is 14.0. The van der Waals surface area contributed by atoms with Crippen molar-refractivity contribution in [3.05, 3.63) is 35.9 Å². The van der Waals surface area contributed by atoms with Crippen LogP contribution in [0.1, 0.15) is 32.8 Å². The molecule has 1 rings (SSSR count). The number of carbonyl (C=O) groups is 2. The molecule has 26 heavy (non-hydrogen) atoms. The second-order valence-electron chi connectivity index (χ2n) is 6.03. The third-order valence-electron chi connectivity index (χ3n) is 4.13. The Kier molecular flexibility index (Phi) is 9.51. The summed E-state index contributed by atoms with van der Waals surface area (Å²) in [6.45, 7) is 5.52. The number of ether oxygens (including phenoxy) is 1. The summed E-state index contributed by atoms with van der Waals surface area (Å²) in [6, 6.07) is 5.98. The second kappa shape index (κ2) is 10.6. The summed E-state index contributed by atoms with van der Waals surface area (Å²) in [6.07, 6.45) is -0.302. The molecule has 0 fully saturated rings. The highest BCUT2D eigenvalue weighted by Gasteiger charge is 2.37. The van der Waals surface area contributed by atoms with Crippen LogP contribution in [-0.2, 0) is 27.9 Å². The molecule has 1 aromatic rings. The van der Waals surface area contributed by atoms with E-state index in [1.54, 1.807) is 6.92 Å². The predicted molar refractivity (Wildman–Crippen MR) is 116 cm³/mol. The van der Waals surface area contributed by atoms with Gasteiger partial charge in [0.25, 0.3) is 0 Å². The van der Waals surface area contributed by atoms with Crippen molar-refractivity contribution in [3.63, 3.8) is 0 Å². The van der Waals surface area contributed by atoms with Crippen molar-refractivity contribution in [1.29, 1.82) is 0 Å². The Morgan fingerprint density at radius 3 is 2.19 bits per heavy atom. The van der Waals surface area contributed by atoms with Gasteiger partial charge in [0.2, 0.25) is 0 Å². The van der Waals surface area contributed by atoms with Crippen molar-refractivity contribution in [2.24, 2.45) is 0 Å². The van der Waals surface area contributed by atoms with Crippen LogP contribution in [-0.4, -0.2) is 44.4 Å². The lowest BCUT2D eigenvalue weighted by Gasteiger charge is -2.36. The molecular formula is C17H26NO4PS3. The molecule has 9 heteroatoms. The van der Waals surface area contributed by atoms with Crippen LogP contribution in [0.25, 0.3) is 0 Å². The van der Waals surface area contributed by atoms with Gasteiger partial charge >= 0.3 is 12.1 Å². The van der Waals surface area contributed by atoms with E-state index in [9.17, 15) is 14.7 Å². The first-order valence-electron chi connectivity index (χ1n) is 8.28. The number of carboxylic acid groups (broad SMARTS) is 1. The fraction of sp³-hybridized carbons (Fsp3) is 0.529. The Hall–Kier alpha value is -0.690. The normalized spacial score (nSPS) is 16.8. The third-order valence-corrected chi connectivity index (χ3v) is 13.1. The Morgan fingerprint density at radius 2 is 1.77 bits per heavy atom. The summed E-state index contributed by atoms with van der Waals surface area (Å²) < 4.78 is 5.37. The molecule has 1 N–H and O–H groups in total. The first-order valence-corrected chi connectivity index (χ1v) is 12.4. The van der Waals surface area contributed by atoms with Crippen LogP contribution >= 0.6 is 31.3 Å². The maximum Gasteiger partial charge on any atom is 0.411 e. The van der Waals surface area contributed by atoms with Crippen LogP contribution in [0.15, 0.2) is 30.3 Å². The molecule has 3 unspecified atom stereocenters. The minimum absolute atomic E-state index is 0.0714. The topological polar surface area (TPSA) is 66.8 Å². The molecule has 1 aromatic carbocycles. The molecule has 0 aliphatic carbocycles. The number of rotatable bonds is 9. The van der Waals surface area contributed by atoms with E-state index in [4.69, 9.17) is 16.5 Å². The molecule has 0 aliphatic rings. The monoisotopic (exact) mass is 435 g/mol. The minimum atomic E-state index is -2.25. The fourth-order valence-corrected chi connectivity index (χ4v) is 6.61. The van der Waals surface area contributed by atoms with Crippen molar-refractivity contribution in [1.82, 2.24) is 4.90 Å². The molecule has 0 radical (unpaired) electrons. The van der Waals surface area contributed by atoms with Crippen molar-refractivity contribution >= 4 is 55.2 Å². The van der Waals surface area contributed by atoms with Crippen LogP contribution in [0.4, 0.5) is 4.79 Å². The van der Waals surface area contributed by atoms with Gasteiger partial charge < -0.3 is 9.84 Å². The molecule has 146 valence electrons. The van der Waals surface area contributed by atoms with E-state index in [2.05, 4.69) is 25.3 Å². The molecule has 3 atom stereocenters. The standard InChI is InChI=1S/C17H26NO4PS3/c1-4-15(16(19)20)18(11-23(26,12(2)24)13(3)25)17(21)22-10-14-8-6-5-7-9-14/h5-9,12-13,15,24-25H,4,10-11H2,1-3H3,(H,19,20). The van der Waals surface area contributed by atoms with E-state index in [-0.39, 0.29) is 29.3 Å². The number of hydrogen-bond donors (Lipinski definition) is 3. The van der Waals surface area contributed by atoms with Gasteiger partial charge in [-0.1, -0.05) is 49.1 Å². The number of thiol groups is 2. The van der Waals surface area contributed by atoms with Gasteiger partial charge in [-0.05, 0) is 31.9 Å². The van der Waals surface area contributed by atoms with Gasteiger partial charge in [0.05, 0.1) is 6.29 Å². The SMILES string of the molecule is CCC(C(=O)O)N(CP(=S)(C(C)S)C(C)S)C(=O)OCc1ccccc1. The van der Waals surface area contributed by atoms with Crippen LogP contribution < -0.4 is 0 Å². The van der Waals surface area contributed by atoms with Gasteiger partial charge in [-0.3, -0.25) is 4.90 Å². The summed E-state index contributed by atoms with van der Waals surface area (Å²) in [5.74, 6) is -1.08. The summed E-state index contributed by atoms with van der Waals surface area (Å²) >= 11 is 14.8. The zero-order chi connectivity index (χ0) is 19.9. The summed E-state index contributed by atoms with van der Waals surface area (Å²) in [7, 11) is 0. The van der Waals surface area contributed by atoms with E-state index < -0.39 is 24.1 Å². The summed E-state index contributed by atoms with van der Waals surface area (Å²) in [5, 5.41) is 9.54. The van der Waals surface area contributed by atoms with E-state index in [0.717, 1.165) is 5.56 Å². The molecule has 0 bridgehead atoms. The van der Waals surface area contributed by atoms with Crippen LogP contribution in [0.2, 0.25) is 0 Å². The van der Waals surface area contributed by atoms with Crippen LogP contribution in [0.5, 0.6) is 0 Å². The van der Waals surface area contributed by atoms with Crippen molar-refractivity contribution < 1.29 is 19.4 Å². The lowest BCUT2D eigenvalue weighted by Crippen LogP contribution is -2.46. The number of benzene rings is 1. The molecule has 0 heterocycles. The number of carbonyl (C=O) groups excluding carboxylic acids is 1. The number of carboxylic acids is 1. The fourth-order valence-electron chi connectivity index (χ4n) is 2.40. The highest BCUT2D eigenvalue weighted by Crippen LogP contribution is 2.58. The number of amides is 1. The minimum Gasteiger partial charge on any atom is -0.480 e. The molecule has 1 amide bonds. The maximum absolute atomic E-state index is 12.7. The quantitative estimate of drug-likeness (QED) is 0.394. The molecular weight excluding hydrogens is 409 g/mol. The van der Waals surface area contributed by atoms with Crippen molar-refractivity contribution in [3.8, 4) is 0 Å². The molecule has 0 saturated carbocycles. The van der Waals surface area contributed by atoms with Crippen molar-refractivity contribution in [2.75, 3.05) is 6.29 Å². The Balaban J connectivity index is 3.06. The average Bonchev–Trinajstić information content (AvgIpc) is 2.59. The smallest absolute Gasteiger partial charge is 0.411 e. The number of nitrogens with zero attached hydrogens (tertiary/aromatic N) is 1. The maximum atomic E-state index is 12.7. The molecule has 0 spiro atoms. The molecule has 0 saturated heterocycles. The summed E-state index contributed by atoms with van der Waals surface area (Å²) in [5.41, 5.74) is 0.828. The Labute approximate surface area is 171 Å². The van der Waals surface area contributed by atoms with E-state index in [1.807, 2.05) is 44.2 Å². The van der Waals surface area contributed by atoms with E-state index in [1.165, 1.54) is 4.90 Å². The highest BCUT2D eigenvalue weighted by molar-refractivity contribution is 8.23. The molecule has 0 aliphatic heterocycles. The molecule has 5 nitrogen and oxygen atoms in total. The van der Waals surface area contributed by atoms with Gasteiger partial charge in [0.15, 0.2) is 0 Å². The average molecular weight is 436 g/mol. The lowest BCUT2D eigenvalue weighted by atomic mass is 10.2. The van der Waals surface area contributed by atoms with Gasteiger partial charge in [0, 0.05) is 9.98 Å². The zero-order valence-corrected chi connectivity index (χ0v) is 18.6. The van der Waals surface area contributed by atoms with Gasteiger partial charge in [0.1, 0.15) is 12.6 Å². The number of aliphatic carboxylic acids is 1. The van der Waals surface area contributed by atoms with Crippen molar-refractivity contribution in [2.45, 2.75) is 49.8 Å². The first-order chi connectivity index (χ1) is 12.1. The summed E-state index contributed by atoms with van der Waals surface area (Å²) in [4.78, 5) is 25.3. The predicted octanol–water partition coefficient (Wildman–Crippen LogP) is 4.48. The first kappa shape index (κ1) is 23.3. The highest BCUT2D eigenvalue weighted by atomic mass is 32.4. The van der Waals surface area contributed by atoms with Crippen LogP contribution in [0, 0.1) is 0 Å². The zero-order valence-electron chi connectivity index (χ0n) is 15.1. The van der Waals surface area contributed by atoms with Gasteiger partial charge in [-0.15, -0.1) is 0 Å². The van der Waals surface area contributed by atoms with Gasteiger partial charge in [-0.2, -0.15) is 25.3 Å². The Bertz CT molecular complexity index is 643. The molecule has 0 aromatic heterocycles. The number of hydrogen-bond acceptors (Lipinski definition) is 6. The largest absolute Gasteiger partial charge is 0.480 e.